The molecule has 2 amide bonds. The van der Waals surface area contributed by atoms with Crippen molar-refractivity contribution in [3.63, 3.8) is 0 Å². The van der Waals surface area contributed by atoms with Crippen LogP contribution in [0, 0.1) is 5.82 Å². The minimum atomic E-state index is -1.17. The van der Waals surface area contributed by atoms with Gasteiger partial charge in [0.25, 0.3) is 5.91 Å². The number of rotatable bonds is 6. The molecule has 8 heteroatoms. The van der Waals surface area contributed by atoms with Crippen molar-refractivity contribution in [2.24, 2.45) is 0 Å². The van der Waals surface area contributed by atoms with Gasteiger partial charge in [-0.15, -0.1) is 0 Å². The average molecular weight is 350 g/mol. The Bertz CT molecular complexity index is 732. The van der Waals surface area contributed by atoms with Gasteiger partial charge in [-0.3, -0.25) is 9.59 Å². The van der Waals surface area contributed by atoms with Crippen molar-refractivity contribution < 1.29 is 28.6 Å². The third-order valence-corrected chi connectivity index (χ3v) is 3.77. The Labute approximate surface area is 144 Å². The molecule has 1 aliphatic rings. The number of halogens is 1. The quantitative estimate of drug-likeness (QED) is 0.799. The second-order valence-corrected chi connectivity index (χ2v) is 5.64. The molecule has 0 aromatic heterocycles. The topological polar surface area (TPSA) is 95.9 Å². The molecule has 134 valence electrons. The first-order valence-electron chi connectivity index (χ1n) is 7.70. The molecule has 1 heterocycles. The molecule has 1 aromatic rings. The number of carboxylic acid groups (broad SMARTS) is 1. The molecule has 0 bridgehead atoms. The molecule has 0 saturated heterocycles. The van der Waals surface area contributed by atoms with Crippen molar-refractivity contribution in [3.8, 4) is 5.75 Å². The van der Waals surface area contributed by atoms with Crippen LogP contribution in [-0.4, -0.2) is 53.5 Å². The Morgan fingerprint density at radius 2 is 2.12 bits per heavy atom. The van der Waals surface area contributed by atoms with Gasteiger partial charge in [0.1, 0.15) is 24.2 Å². The van der Waals surface area contributed by atoms with Gasteiger partial charge in [0.2, 0.25) is 5.91 Å². The summed E-state index contributed by atoms with van der Waals surface area (Å²) in [4.78, 5) is 36.1. The van der Waals surface area contributed by atoms with E-state index in [1.807, 2.05) is 0 Å². The summed E-state index contributed by atoms with van der Waals surface area (Å²) in [6.07, 6.45) is 1.49. The van der Waals surface area contributed by atoms with Crippen molar-refractivity contribution in [2.45, 2.75) is 19.9 Å². The van der Waals surface area contributed by atoms with E-state index in [1.165, 1.54) is 38.1 Å². The van der Waals surface area contributed by atoms with Crippen LogP contribution in [0.1, 0.15) is 19.4 Å². The van der Waals surface area contributed by atoms with E-state index < -0.39 is 23.7 Å². The summed E-state index contributed by atoms with van der Waals surface area (Å²) in [7, 11) is 0. The molecule has 1 unspecified atom stereocenters. The van der Waals surface area contributed by atoms with E-state index in [0.29, 0.717) is 11.3 Å². The second kappa shape index (κ2) is 7.78. The Kier molecular flexibility index (Phi) is 5.74. The summed E-state index contributed by atoms with van der Waals surface area (Å²) in [6, 6.07) is 2.88. The van der Waals surface area contributed by atoms with E-state index in [4.69, 9.17) is 4.74 Å². The van der Waals surface area contributed by atoms with Crippen LogP contribution in [0.15, 0.2) is 23.8 Å². The molecular formula is C17H19FN2O5. The first-order chi connectivity index (χ1) is 11.8. The molecule has 7 nitrogen and oxygen atoms in total. The maximum absolute atomic E-state index is 13.4. The number of nitrogens with zero attached hydrogens (tertiary/aromatic N) is 1. The highest BCUT2D eigenvalue weighted by molar-refractivity contribution is 6.00. The lowest BCUT2D eigenvalue weighted by molar-refractivity contribution is -0.148. The van der Waals surface area contributed by atoms with Gasteiger partial charge < -0.3 is 20.1 Å². The number of nitrogens with one attached hydrogen (secondary N) is 1. The zero-order valence-electron chi connectivity index (χ0n) is 13.9. The van der Waals surface area contributed by atoms with E-state index in [9.17, 15) is 23.9 Å². The summed E-state index contributed by atoms with van der Waals surface area (Å²) in [5, 5.41) is 11.7. The molecule has 25 heavy (non-hydrogen) atoms. The molecule has 1 aromatic carbocycles. The van der Waals surface area contributed by atoms with Gasteiger partial charge >= 0.3 is 5.97 Å². The Morgan fingerprint density at radius 3 is 2.76 bits per heavy atom. The first kappa shape index (κ1) is 18.4. The lowest BCUT2D eigenvalue weighted by atomic mass is 10.1. The standard InChI is InChI=1S/C17H19FN2O5/c1-10(17(23)24)20(6-5-19-11(2)21)16(22)13-7-12-8-14(18)3-4-15(12)25-9-13/h3-4,7-8,10H,5-6,9H2,1-2H3,(H,19,21)(H,23,24). The first-order valence-corrected chi connectivity index (χ1v) is 7.70. The van der Waals surface area contributed by atoms with Gasteiger partial charge in [-0.25, -0.2) is 9.18 Å². The summed E-state index contributed by atoms with van der Waals surface area (Å²) >= 11 is 0. The normalized spacial score (nSPS) is 13.8. The largest absolute Gasteiger partial charge is 0.488 e. The molecule has 0 aliphatic carbocycles. The number of fused-ring (bicyclic) bond motifs is 1. The van der Waals surface area contributed by atoms with Crippen LogP contribution in [-0.2, 0) is 14.4 Å². The third-order valence-electron chi connectivity index (χ3n) is 3.77. The minimum Gasteiger partial charge on any atom is -0.488 e. The molecule has 2 rings (SSSR count). The molecular weight excluding hydrogens is 331 g/mol. The highest BCUT2D eigenvalue weighted by Gasteiger charge is 2.29. The van der Waals surface area contributed by atoms with Crippen molar-refractivity contribution in [1.29, 1.82) is 0 Å². The van der Waals surface area contributed by atoms with Crippen LogP contribution in [0.25, 0.3) is 6.08 Å². The fraction of sp³-hybridized carbons (Fsp3) is 0.353. The number of benzene rings is 1. The van der Waals surface area contributed by atoms with Crippen molar-refractivity contribution in [2.75, 3.05) is 19.7 Å². The maximum atomic E-state index is 13.4. The van der Waals surface area contributed by atoms with Gasteiger partial charge in [0.05, 0.1) is 5.57 Å². The van der Waals surface area contributed by atoms with Gasteiger partial charge in [-0.05, 0) is 31.2 Å². The van der Waals surface area contributed by atoms with Crippen LogP contribution in [0.4, 0.5) is 4.39 Å². The number of hydrogen-bond acceptors (Lipinski definition) is 4. The number of carboxylic acids is 1. The zero-order valence-corrected chi connectivity index (χ0v) is 13.9. The van der Waals surface area contributed by atoms with Crippen molar-refractivity contribution >= 4 is 23.9 Å². The van der Waals surface area contributed by atoms with Crippen molar-refractivity contribution in [3.05, 3.63) is 35.2 Å². The monoisotopic (exact) mass is 350 g/mol. The van der Waals surface area contributed by atoms with Gasteiger partial charge in [-0.1, -0.05) is 0 Å². The highest BCUT2D eigenvalue weighted by atomic mass is 19.1. The second-order valence-electron chi connectivity index (χ2n) is 5.64. The third kappa shape index (κ3) is 4.56. The number of aliphatic carboxylic acids is 1. The predicted octanol–water partition coefficient (Wildman–Crippen LogP) is 1.04. The van der Waals surface area contributed by atoms with Crippen LogP contribution >= 0.6 is 0 Å². The average Bonchev–Trinajstić information content (AvgIpc) is 2.56. The highest BCUT2D eigenvalue weighted by Crippen LogP contribution is 2.27. The maximum Gasteiger partial charge on any atom is 0.326 e. The number of hydrogen-bond donors (Lipinski definition) is 2. The van der Waals surface area contributed by atoms with E-state index in [2.05, 4.69) is 5.32 Å². The smallest absolute Gasteiger partial charge is 0.326 e. The van der Waals surface area contributed by atoms with Gasteiger partial charge in [0.15, 0.2) is 0 Å². The molecule has 0 spiro atoms. The van der Waals surface area contributed by atoms with E-state index >= 15 is 0 Å². The summed E-state index contributed by atoms with van der Waals surface area (Å²) < 4.78 is 18.8. The number of ether oxygens (including phenoxy) is 1. The molecule has 0 radical (unpaired) electrons. The SMILES string of the molecule is CC(=O)NCCN(C(=O)C1=Cc2cc(F)ccc2OC1)C(C)C(=O)O. The number of carbonyl (C=O) groups is 3. The predicted molar refractivity (Wildman–Crippen MR) is 87.4 cm³/mol. The minimum absolute atomic E-state index is 0.0270. The number of carbonyl (C=O) groups excluding carboxylic acids is 2. The number of amides is 2. The summed E-state index contributed by atoms with van der Waals surface area (Å²) in [5.74, 6) is -1.99. The molecule has 1 aliphatic heterocycles. The summed E-state index contributed by atoms with van der Waals surface area (Å²) in [6.45, 7) is 2.82. The van der Waals surface area contributed by atoms with E-state index in [1.54, 1.807) is 0 Å². The molecule has 0 fully saturated rings. The molecule has 1 atom stereocenters. The van der Waals surface area contributed by atoms with Crippen LogP contribution in [0.5, 0.6) is 5.75 Å². The zero-order chi connectivity index (χ0) is 18.6. The lowest BCUT2D eigenvalue weighted by Crippen LogP contribution is -2.47. The Hall–Kier alpha value is -2.90. The summed E-state index contributed by atoms with van der Waals surface area (Å²) in [5.41, 5.74) is 0.633. The van der Waals surface area contributed by atoms with Gasteiger partial charge in [-0.2, -0.15) is 0 Å². The molecule has 2 N–H and O–H groups in total. The fourth-order valence-corrected chi connectivity index (χ4v) is 2.41. The van der Waals surface area contributed by atoms with E-state index in [0.717, 1.165) is 4.90 Å². The molecule has 0 saturated carbocycles. The fourth-order valence-electron chi connectivity index (χ4n) is 2.41. The Balaban J connectivity index is 2.23. The van der Waals surface area contributed by atoms with Crippen LogP contribution in [0.3, 0.4) is 0 Å². The van der Waals surface area contributed by atoms with Crippen LogP contribution < -0.4 is 10.1 Å². The van der Waals surface area contributed by atoms with Gasteiger partial charge in [0, 0.05) is 25.6 Å². The van der Waals surface area contributed by atoms with Crippen molar-refractivity contribution in [1.82, 2.24) is 10.2 Å². The van der Waals surface area contributed by atoms with E-state index in [-0.39, 0.29) is 31.2 Å². The lowest BCUT2D eigenvalue weighted by Gasteiger charge is -2.29. The Morgan fingerprint density at radius 1 is 1.40 bits per heavy atom. The van der Waals surface area contributed by atoms with Crippen LogP contribution in [0.2, 0.25) is 0 Å².